The average molecular weight is 379 g/mol. The Labute approximate surface area is 160 Å². The smallest absolute Gasteiger partial charge is 0.343 e. The van der Waals surface area contributed by atoms with Gasteiger partial charge in [-0.05, 0) is 12.5 Å². The molecule has 5 rings (SSSR count). The molecule has 1 saturated heterocycles. The molecule has 0 spiro atoms. The molecule has 2 amide bonds. The molecule has 2 aromatic carbocycles. The van der Waals surface area contributed by atoms with Gasteiger partial charge in [0.2, 0.25) is 5.91 Å². The van der Waals surface area contributed by atoms with Crippen molar-refractivity contribution in [1.29, 1.82) is 0 Å². The highest BCUT2D eigenvalue weighted by atomic mass is 16.6. The van der Waals surface area contributed by atoms with Crippen LogP contribution in [0.3, 0.4) is 0 Å². The maximum Gasteiger partial charge on any atom is 0.343 e. The Morgan fingerprint density at radius 3 is 2.71 bits per heavy atom. The topological polar surface area (TPSA) is 93.1 Å². The summed E-state index contributed by atoms with van der Waals surface area (Å²) in [4.78, 5) is 37.8. The number of amides is 2. The summed E-state index contributed by atoms with van der Waals surface area (Å²) < 4.78 is 11.4. The number of rotatable bonds is 2. The van der Waals surface area contributed by atoms with Crippen LogP contribution in [0.5, 0.6) is 11.5 Å². The van der Waals surface area contributed by atoms with Crippen LogP contribution in [-0.4, -0.2) is 47.0 Å². The molecule has 7 nitrogen and oxygen atoms in total. The molecular weight excluding hydrogens is 362 g/mol. The van der Waals surface area contributed by atoms with Gasteiger partial charge in [0.15, 0.2) is 6.10 Å². The summed E-state index contributed by atoms with van der Waals surface area (Å²) in [6, 6.07) is 7.13. The van der Waals surface area contributed by atoms with E-state index >= 15 is 0 Å². The van der Waals surface area contributed by atoms with Crippen LogP contribution in [0, 0.1) is 0 Å². The van der Waals surface area contributed by atoms with Gasteiger partial charge in [0.25, 0.3) is 5.91 Å². The number of likely N-dealkylation sites (N-methyl/N-ethyl adjacent to an activating group) is 1. The lowest BCUT2D eigenvalue weighted by atomic mass is 9.89. The summed E-state index contributed by atoms with van der Waals surface area (Å²) in [5.41, 5.74) is 0.612. The first-order valence-electron chi connectivity index (χ1n) is 9.09. The number of benzene rings is 2. The Bertz CT molecular complexity index is 1090. The molecule has 7 heteroatoms. The number of allylic oxidation sites excluding steroid dienone is 1. The van der Waals surface area contributed by atoms with Crippen molar-refractivity contribution in [1.82, 2.24) is 4.90 Å². The molecule has 2 heterocycles. The van der Waals surface area contributed by atoms with Crippen molar-refractivity contribution in [3.05, 3.63) is 47.5 Å². The van der Waals surface area contributed by atoms with Crippen LogP contribution < -0.4 is 4.74 Å². The minimum atomic E-state index is -1.17. The number of fused-ring (bicyclic) bond motifs is 5. The third kappa shape index (κ3) is 2.19. The third-order valence-corrected chi connectivity index (χ3v) is 5.71. The van der Waals surface area contributed by atoms with Gasteiger partial charge in [-0.3, -0.25) is 14.5 Å². The van der Waals surface area contributed by atoms with Crippen molar-refractivity contribution in [3.63, 3.8) is 0 Å². The van der Waals surface area contributed by atoms with Crippen molar-refractivity contribution in [2.45, 2.75) is 31.0 Å². The predicted octanol–water partition coefficient (Wildman–Crippen LogP) is 2.26. The molecule has 3 aliphatic rings. The minimum Gasteiger partial charge on any atom is -0.506 e. The molecule has 1 N–H and O–H groups in total. The van der Waals surface area contributed by atoms with E-state index in [0.717, 1.165) is 10.3 Å². The van der Waals surface area contributed by atoms with Gasteiger partial charge in [-0.25, -0.2) is 4.79 Å². The number of imide groups is 1. The van der Waals surface area contributed by atoms with Crippen LogP contribution in [0.2, 0.25) is 0 Å². The Hall–Kier alpha value is -3.35. The zero-order valence-corrected chi connectivity index (χ0v) is 15.0. The summed E-state index contributed by atoms with van der Waals surface area (Å²) in [5, 5.41) is 12.1. The Kier molecular flexibility index (Phi) is 3.49. The van der Waals surface area contributed by atoms with Crippen molar-refractivity contribution >= 4 is 28.6 Å². The number of ether oxygens (including phenoxy) is 2. The van der Waals surface area contributed by atoms with Crippen molar-refractivity contribution in [2.75, 3.05) is 7.05 Å². The minimum absolute atomic E-state index is 0.0136. The Balaban J connectivity index is 1.63. The maximum absolute atomic E-state index is 13.0. The number of phenols is 1. The number of carbonyl (C=O) groups excluding carboxylic acids is 3. The van der Waals surface area contributed by atoms with E-state index in [1.165, 1.54) is 7.05 Å². The van der Waals surface area contributed by atoms with Crippen molar-refractivity contribution in [2.24, 2.45) is 0 Å². The van der Waals surface area contributed by atoms with Gasteiger partial charge in [0.05, 0.1) is 6.42 Å². The fraction of sp³-hybridized carbons (Fsp3) is 0.286. The van der Waals surface area contributed by atoms with E-state index < -0.39 is 23.9 Å². The number of esters is 1. The lowest BCUT2D eigenvalue weighted by molar-refractivity contribution is -0.139. The highest BCUT2D eigenvalue weighted by molar-refractivity contribution is 6.09. The SMILES string of the molecule is CN1C(=O)C[C@H](OC(=O)c2c3c(c4ccccc4c2O)O[C@@H]2C=CC[C@H]32)C1=O. The van der Waals surface area contributed by atoms with E-state index in [9.17, 15) is 19.5 Å². The lowest BCUT2D eigenvalue weighted by Gasteiger charge is -2.17. The quantitative estimate of drug-likeness (QED) is 0.489. The molecule has 0 unspecified atom stereocenters. The third-order valence-electron chi connectivity index (χ3n) is 5.71. The molecule has 0 bridgehead atoms. The number of likely N-dealkylation sites (tertiary alicyclic amines) is 1. The molecule has 3 atom stereocenters. The van der Waals surface area contributed by atoms with Gasteiger partial charge in [-0.15, -0.1) is 0 Å². The van der Waals surface area contributed by atoms with E-state index in [1.54, 1.807) is 12.1 Å². The molecule has 142 valence electrons. The summed E-state index contributed by atoms with van der Waals surface area (Å²) in [7, 11) is 1.35. The monoisotopic (exact) mass is 379 g/mol. The molecule has 0 aromatic heterocycles. The normalized spacial score (nSPS) is 25.2. The van der Waals surface area contributed by atoms with Crippen molar-refractivity contribution < 1.29 is 29.0 Å². The molecule has 0 saturated carbocycles. The standard InChI is InChI=1S/C21H17NO6/c1-22-15(23)9-14(20(22)25)28-21(26)17-16-12-7-4-8-13(12)27-19(16)11-6-3-2-5-10(11)18(17)24/h2-6,8,12-14,24H,7,9H2,1H3/t12-,13+,14-/m0/s1. The van der Waals surface area contributed by atoms with Crippen LogP contribution in [0.25, 0.3) is 10.8 Å². The molecular formula is C21H17NO6. The first kappa shape index (κ1) is 16.8. The van der Waals surface area contributed by atoms with Crippen LogP contribution in [0.4, 0.5) is 0 Å². The van der Waals surface area contributed by atoms with Gasteiger partial charge in [-0.2, -0.15) is 0 Å². The van der Waals surface area contributed by atoms with Gasteiger partial charge in [0, 0.05) is 29.3 Å². The van der Waals surface area contributed by atoms with Gasteiger partial charge >= 0.3 is 5.97 Å². The van der Waals surface area contributed by atoms with E-state index in [2.05, 4.69) is 0 Å². The highest BCUT2D eigenvalue weighted by Crippen LogP contribution is 2.52. The fourth-order valence-electron chi connectivity index (χ4n) is 4.26. The number of hydrogen-bond donors (Lipinski definition) is 1. The second-order valence-electron chi connectivity index (χ2n) is 7.25. The van der Waals surface area contributed by atoms with Gasteiger partial charge in [-0.1, -0.05) is 30.3 Å². The average Bonchev–Trinajstić information content (AvgIpc) is 3.34. The lowest BCUT2D eigenvalue weighted by Crippen LogP contribution is -2.30. The Morgan fingerprint density at radius 2 is 2.00 bits per heavy atom. The fourth-order valence-corrected chi connectivity index (χ4v) is 4.26. The number of aromatic hydroxyl groups is 1. The number of nitrogens with zero attached hydrogens (tertiary/aromatic N) is 1. The second-order valence-corrected chi connectivity index (χ2v) is 7.25. The Morgan fingerprint density at radius 1 is 1.25 bits per heavy atom. The summed E-state index contributed by atoms with van der Waals surface area (Å²) in [6.07, 6.45) is 3.04. The van der Waals surface area contributed by atoms with Crippen molar-refractivity contribution in [3.8, 4) is 11.5 Å². The van der Waals surface area contributed by atoms with Gasteiger partial charge < -0.3 is 14.6 Å². The number of hydrogen-bond acceptors (Lipinski definition) is 6. The maximum atomic E-state index is 13.0. The van der Waals surface area contributed by atoms with Crippen LogP contribution >= 0.6 is 0 Å². The van der Waals surface area contributed by atoms with Crippen LogP contribution in [-0.2, 0) is 14.3 Å². The molecule has 0 radical (unpaired) electrons. The highest BCUT2D eigenvalue weighted by Gasteiger charge is 2.44. The zero-order valence-electron chi connectivity index (χ0n) is 15.0. The summed E-state index contributed by atoms with van der Waals surface area (Å²) >= 11 is 0. The number of carbonyl (C=O) groups is 3. The predicted molar refractivity (Wildman–Crippen MR) is 98.1 cm³/mol. The first-order valence-corrected chi connectivity index (χ1v) is 9.09. The molecule has 28 heavy (non-hydrogen) atoms. The van der Waals surface area contributed by atoms with Crippen LogP contribution in [0.15, 0.2) is 36.4 Å². The summed E-state index contributed by atoms with van der Waals surface area (Å²) in [5.74, 6) is -1.52. The largest absolute Gasteiger partial charge is 0.506 e. The van der Waals surface area contributed by atoms with E-state index in [0.29, 0.717) is 23.1 Å². The van der Waals surface area contributed by atoms with E-state index in [-0.39, 0.29) is 29.8 Å². The van der Waals surface area contributed by atoms with E-state index in [4.69, 9.17) is 9.47 Å². The molecule has 1 fully saturated rings. The zero-order chi connectivity index (χ0) is 19.6. The van der Waals surface area contributed by atoms with E-state index in [1.807, 2.05) is 24.3 Å². The first-order chi connectivity index (χ1) is 13.5. The molecule has 2 aliphatic heterocycles. The second kappa shape index (κ2) is 5.82. The summed E-state index contributed by atoms with van der Waals surface area (Å²) in [6.45, 7) is 0. The molecule has 2 aromatic rings. The van der Waals surface area contributed by atoms with Gasteiger partial charge in [0.1, 0.15) is 23.2 Å². The van der Waals surface area contributed by atoms with Crippen LogP contribution in [0.1, 0.15) is 34.7 Å². The molecule has 1 aliphatic carbocycles. The number of phenolic OH excluding ortho intramolecular Hbond substituents is 1.